The first-order valence-electron chi connectivity index (χ1n) is 8.77. The summed E-state index contributed by atoms with van der Waals surface area (Å²) in [5.74, 6) is 0.941. The molecule has 3 rings (SSSR count). The Kier molecular flexibility index (Phi) is 4.54. The SMILES string of the molecule is Cc1cc(N2CCC[C@H]3CCCC[C@H]32)ccc1CC(C)N. The highest BCUT2D eigenvalue weighted by molar-refractivity contribution is 5.52. The molecule has 1 aliphatic carbocycles. The lowest BCUT2D eigenvalue weighted by Crippen LogP contribution is -2.46. The van der Waals surface area contributed by atoms with Gasteiger partial charge >= 0.3 is 0 Å². The molecule has 116 valence electrons. The molecule has 1 heterocycles. The normalized spacial score (nSPS) is 27.3. The number of benzene rings is 1. The highest BCUT2D eigenvalue weighted by Crippen LogP contribution is 2.38. The Labute approximate surface area is 129 Å². The summed E-state index contributed by atoms with van der Waals surface area (Å²) in [5.41, 5.74) is 10.2. The van der Waals surface area contributed by atoms with E-state index in [9.17, 15) is 0 Å². The molecule has 2 heteroatoms. The molecular weight excluding hydrogens is 256 g/mol. The van der Waals surface area contributed by atoms with Gasteiger partial charge in [-0.1, -0.05) is 18.9 Å². The van der Waals surface area contributed by atoms with Crippen molar-refractivity contribution in [3.63, 3.8) is 0 Å². The van der Waals surface area contributed by atoms with Crippen molar-refractivity contribution in [1.82, 2.24) is 0 Å². The number of aryl methyl sites for hydroxylation is 1. The predicted molar refractivity (Wildman–Crippen MR) is 90.9 cm³/mol. The van der Waals surface area contributed by atoms with Crippen LogP contribution in [0.15, 0.2) is 18.2 Å². The van der Waals surface area contributed by atoms with Crippen LogP contribution in [0.1, 0.15) is 56.6 Å². The van der Waals surface area contributed by atoms with Crippen molar-refractivity contribution in [1.29, 1.82) is 0 Å². The Morgan fingerprint density at radius 3 is 2.71 bits per heavy atom. The lowest BCUT2D eigenvalue weighted by Gasteiger charge is -2.45. The molecule has 0 spiro atoms. The Bertz CT molecular complexity index is 478. The van der Waals surface area contributed by atoms with E-state index in [1.54, 1.807) is 0 Å². The molecule has 1 saturated carbocycles. The van der Waals surface area contributed by atoms with Crippen molar-refractivity contribution >= 4 is 5.69 Å². The molecular formula is C19H30N2. The number of rotatable bonds is 3. The third kappa shape index (κ3) is 3.26. The molecule has 21 heavy (non-hydrogen) atoms. The van der Waals surface area contributed by atoms with Crippen molar-refractivity contribution in [2.75, 3.05) is 11.4 Å². The molecule has 3 atom stereocenters. The molecule has 0 aromatic heterocycles. The van der Waals surface area contributed by atoms with Gasteiger partial charge < -0.3 is 10.6 Å². The third-order valence-corrected chi connectivity index (χ3v) is 5.44. The zero-order valence-electron chi connectivity index (χ0n) is 13.6. The van der Waals surface area contributed by atoms with Gasteiger partial charge in [-0.05, 0) is 75.1 Å². The van der Waals surface area contributed by atoms with Gasteiger partial charge in [0.25, 0.3) is 0 Å². The standard InChI is InChI=1S/C19H30N2/c1-14-12-18(10-9-17(14)13-15(2)20)21-11-5-7-16-6-3-4-8-19(16)21/h9-10,12,15-16,19H,3-8,11,13,20H2,1-2H3/t15?,16-,19-/m1/s1. The summed E-state index contributed by atoms with van der Waals surface area (Å²) in [4.78, 5) is 2.70. The average Bonchev–Trinajstić information content (AvgIpc) is 2.48. The molecule has 1 aliphatic heterocycles. The minimum absolute atomic E-state index is 0.243. The van der Waals surface area contributed by atoms with Crippen LogP contribution in [-0.2, 0) is 6.42 Å². The summed E-state index contributed by atoms with van der Waals surface area (Å²) in [7, 11) is 0. The highest BCUT2D eigenvalue weighted by Gasteiger charge is 2.33. The van der Waals surface area contributed by atoms with Crippen LogP contribution < -0.4 is 10.6 Å². The van der Waals surface area contributed by atoms with E-state index < -0.39 is 0 Å². The second-order valence-corrected chi connectivity index (χ2v) is 7.24. The summed E-state index contributed by atoms with van der Waals surface area (Å²) < 4.78 is 0. The first kappa shape index (κ1) is 14.9. The fourth-order valence-electron chi connectivity index (χ4n) is 4.38. The Balaban J connectivity index is 1.80. The monoisotopic (exact) mass is 286 g/mol. The first-order chi connectivity index (χ1) is 10.1. The van der Waals surface area contributed by atoms with Gasteiger partial charge in [0, 0.05) is 24.3 Å². The minimum atomic E-state index is 0.243. The van der Waals surface area contributed by atoms with Gasteiger partial charge in [0.1, 0.15) is 0 Å². The van der Waals surface area contributed by atoms with E-state index in [4.69, 9.17) is 5.73 Å². The smallest absolute Gasteiger partial charge is 0.0371 e. The molecule has 2 fully saturated rings. The quantitative estimate of drug-likeness (QED) is 0.908. The van der Waals surface area contributed by atoms with Crippen LogP contribution in [0.5, 0.6) is 0 Å². The van der Waals surface area contributed by atoms with Crippen LogP contribution in [0, 0.1) is 12.8 Å². The average molecular weight is 286 g/mol. The maximum Gasteiger partial charge on any atom is 0.0371 e. The number of nitrogens with two attached hydrogens (primary N) is 1. The summed E-state index contributed by atoms with van der Waals surface area (Å²) >= 11 is 0. The minimum Gasteiger partial charge on any atom is -0.368 e. The fraction of sp³-hybridized carbons (Fsp3) is 0.684. The van der Waals surface area contributed by atoms with Gasteiger partial charge in [0.15, 0.2) is 0 Å². The molecule has 2 N–H and O–H groups in total. The molecule has 0 bridgehead atoms. The Morgan fingerprint density at radius 2 is 1.95 bits per heavy atom. The number of fused-ring (bicyclic) bond motifs is 1. The lowest BCUT2D eigenvalue weighted by molar-refractivity contribution is 0.244. The second-order valence-electron chi connectivity index (χ2n) is 7.24. The van der Waals surface area contributed by atoms with Crippen molar-refractivity contribution < 1.29 is 0 Å². The summed E-state index contributed by atoms with van der Waals surface area (Å²) in [5, 5.41) is 0. The van der Waals surface area contributed by atoms with Crippen molar-refractivity contribution in [3.05, 3.63) is 29.3 Å². The first-order valence-corrected chi connectivity index (χ1v) is 8.77. The third-order valence-electron chi connectivity index (χ3n) is 5.44. The molecule has 0 amide bonds. The highest BCUT2D eigenvalue weighted by atomic mass is 15.2. The van der Waals surface area contributed by atoms with Crippen LogP contribution in [-0.4, -0.2) is 18.6 Å². The fourth-order valence-corrected chi connectivity index (χ4v) is 4.38. The lowest BCUT2D eigenvalue weighted by atomic mass is 9.78. The van der Waals surface area contributed by atoms with Crippen LogP contribution in [0.3, 0.4) is 0 Å². The van der Waals surface area contributed by atoms with E-state index in [2.05, 4.69) is 36.9 Å². The molecule has 1 unspecified atom stereocenters. The number of hydrogen-bond acceptors (Lipinski definition) is 2. The maximum atomic E-state index is 5.95. The number of anilines is 1. The van der Waals surface area contributed by atoms with E-state index in [0.29, 0.717) is 0 Å². The number of hydrogen-bond donors (Lipinski definition) is 1. The Morgan fingerprint density at radius 1 is 1.19 bits per heavy atom. The van der Waals surface area contributed by atoms with Crippen molar-refractivity contribution in [2.45, 2.75) is 70.9 Å². The topological polar surface area (TPSA) is 29.3 Å². The van der Waals surface area contributed by atoms with Gasteiger partial charge in [-0.3, -0.25) is 0 Å². The van der Waals surface area contributed by atoms with Gasteiger partial charge in [-0.2, -0.15) is 0 Å². The molecule has 1 aromatic rings. The maximum absolute atomic E-state index is 5.95. The van der Waals surface area contributed by atoms with Crippen LogP contribution in [0.25, 0.3) is 0 Å². The summed E-state index contributed by atoms with van der Waals surface area (Å²) in [6.45, 7) is 5.57. The Hall–Kier alpha value is -1.02. The van der Waals surface area contributed by atoms with E-state index in [-0.39, 0.29) is 6.04 Å². The second kappa shape index (κ2) is 6.39. The number of piperidine rings is 1. The number of nitrogens with zero attached hydrogens (tertiary/aromatic N) is 1. The van der Waals surface area contributed by atoms with Crippen LogP contribution in [0.2, 0.25) is 0 Å². The molecule has 1 saturated heterocycles. The van der Waals surface area contributed by atoms with E-state index in [0.717, 1.165) is 18.4 Å². The summed E-state index contributed by atoms with van der Waals surface area (Å²) in [6, 6.07) is 8.08. The van der Waals surface area contributed by atoms with Gasteiger partial charge in [-0.15, -0.1) is 0 Å². The van der Waals surface area contributed by atoms with Crippen LogP contribution in [0.4, 0.5) is 5.69 Å². The van der Waals surface area contributed by atoms with Crippen molar-refractivity contribution in [2.24, 2.45) is 11.7 Å². The molecule has 2 aliphatic rings. The largest absolute Gasteiger partial charge is 0.368 e. The van der Waals surface area contributed by atoms with E-state index >= 15 is 0 Å². The summed E-state index contributed by atoms with van der Waals surface area (Å²) in [6.07, 6.45) is 9.50. The molecule has 0 radical (unpaired) electrons. The van der Waals surface area contributed by atoms with Gasteiger partial charge in [0.05, 0.1) is 0 Å². The predicted octanol–water partition coefficient (Wildman–Crippen LogP) is 4.04. The van der Waals surface area contributed by atoms with Gasteiger partial charge in [0.2, 0.25) is 0 Å². The van der Waals surface area contributed by atoms with E-state index in [1.807, 2.05) is 0 Å². The van der Waals surface area contributed by atoms with Gasteiger partial charge in [-0.25, -0.2) is 0 Å². The van der Waals surface area contributed by atoms with Crippen molar-refractivity contribution in [3.8, 4) is 0 Å². The molecule has 1 aromatic carbocycles. The van der Waals surface area contributed by atoms with E-state index in [1.165, 1.54) is 61.9 Å². The zero-order chi connectivity index (χ0) is 14.8. The molecule has 2 nitrogen and oxygen atoms in total. The zero-order valence-corrected chi connectivity index (χ0v) is 13.6. The van der Waals surface area contributed by atoms with Crippen LogP contribution >= 0.6 is 0 Å².